The van der Waals surface area contributed by atoms with Gasteiger partial charge in [-0.05, 0) is 5.56 Å². The third-order valence-corrected chi connectivity index (χ3v) is 3.32. The van der Waals surface area contributed by atoms with E-state index >= 15 is 0 Å². The monoisotopic (exact) mass is 290 g/mol. The van der Waals surface area contributed by atoms with Gasteiger partial charge < -0.3 is 4.74 Å². The first-order chi connectivity index (χ1) is 9.75. The first-order valence-corrected chi connectivity index (χ1v) is 6.93. The molecule has 0 aliphatic carbocycles. The Labute approximate surface area is 125 Å². The molecule has 0 fully saturated rings. The highest BCUT2D eigenvalue weighted by Crippen LogP contribution is 2.22. The molecule has 0 amide bonds. The highest BCUT2D eigenvalue weighted by Gasteiger charge is 2.33. The SMILES string of the molecule is COC(=O)C(CC(=O)C(C)(C)C)C(=O)Cc1ccccc1. The van der Waals surface area contributed by atoms with E-state index in [9.17, 15) is 14.4 Å². The molecule has 4 nitrogen and oxygen atoms in total. The van der Waals surface area contributed by atoms with Crippen molar-refractivity contribution in [3.63, 3.8) is 0 Å². The molecule has 0 bridgehead atoms. The molecule has 0 aliphatic rings. The molecule has 0 saturated heterocycles. The van der Waals surface area contributed by atoms with E-state index in [1.165, 1.54) is 7.11 Å². The number of hydrogen-bond acceptors (Lipinski definition) is 4. The third-order valence-electron chi connectivity index (χ3n) is 3.32. The first-order valence-electron chi connectivity index (χ1n) is 6.93. The lowest BCUT2D eigenvalue weighted by Crippen LogP contribution is -2.32. The molecular weight excluding hydrogens is 268 g/mol. The first kappa shape index (κ1) is 17.1. The molecule has 1 unspecified atom stereocenters. The minimum Gasteiger partial charge on any atom is -0.468 e. The molecule has 0 aromatic heterocycles. The molecule has 1 rings (SSSR count). The van der Waals surface area contributed by atoms with Gasteiger partial charge in [-0.1, -0.05) is 51.1 Å². The number of rotatable bonds is 6. The lowest BCUT2D eigenvalue weighted by atomic mass is 9.83. The lowest BCUT2D eigenvalue weighted by molar-refractivity contribution is -0.151. The summed E-state index contributed by atoms with van der Waals surface area (Å²) < 4.78 is 4.67. The molecule has 0 heterocycles. The quantitative estimate of drug-likeness (QED) is 0.597. The average Bonchev–Trinajstić information content (AvgIpc) is 2.43. The Morgan fingerprint density at radius 2 is 1.67 bits per heavy atom. The predicted octanol–water partition coefficient (Wildman–Crippen LogP) is 2.59. The molecule has 0 radical (unpaired) electrons. The maximum atomic E-state index is 12.3. The van der Waals surface area contributed by atoms with E-state index < -0.39 is 17.3 Å². The van der Waals surface area contributed by atoms with Crippen molar-refractivity contribution in [1.82, 2.24) is 0 Å². The van der Waals surface area contributed by atoms with Crippen LogP contribution in [0.5, 0.6) is 0 Å². The summed E-state index contributed by atoms with van der Waals surface area (Å²) in [4.78, 5) is 36.2. The van der Waals surface area contributed by atoms with Crippen molar-refractivity contribution in [2.24, 2.45) is 11.3 Å². The van der Waals surface area contributed by atoms with Crippen LogP contribution in [0.4, 0.5) is 0 Å². The fraction of sp³-hybridized carbons (Fsp3) is 0.471. The molecule has 1 atom stereocenters. The molecule has 0 spiro atoms. The van der Waals surface area contributed by atoms with Crippen LogP contribution in [-0.2, 0) is 25.5 Å². The molecule has 0 aliphatic heterocycles. The zero-order valence-electron chi connectivity index (χ0n) is 13.0. The molecule has 4 heteroatoms. The molecule has 1 aromatic carbocycles. The van der Waals surface area contributed by atoms with E-state index in [1.807, 2.05) is 30.3 Å². The summed E-state index contributed by atoms with van der Waals surface area (Å²) >= 11 is 0. The molecular formula is C17H22O4. The number of ether oxygens (including phenoxy) is 1. The van der Waals surface area contributed by atoms with E-state index in [-0.39, 0.29) is 24.4 Å². The maximum absolute atomic E-state index is 12.3. The Hall–Kier alpha value is -1.97. The minimum absolute atomic E-state index is 0.109. The fourth-order valence-corrected chi connectivity index (χ4v) is 1.88. The van der Waals surface area contributed by atoms with Gasteiger partial charge in [0.2, 0.25) is 0 Å². The van der Waals surface area contributed by atoms with Crippen molar-refractivity contribution in [3.05, 3.63) is 35.9 Å². The molecule has 21 heavy (non-hydrogen) atoms. The average molecular weight is 290 g/mol. The number of carbonyl (C=O) groups excluding carboxylic acids is 3. The van der Waals surface area contributed by atoms with Gasteiger partial charge in [-0.2, -0.15) is 0 Å². The molecule has 0 saturated carbocycles. The standard InChI is InChI=1S/C17H22O4/c1-17(2,3)15(19)11-13(16(20)21-4)14(18)10-12-8-6-5-7-9-12/h5-9,13H,10-11H2,1-4H3. The Balaban J connectivity index is 2.85. The highest BCUT2D eigenvalue weighted by molar-refractivity contribution is 6.03. The number of hydrogen-bond donors (Lipinski definition) is 0. The van der Waals surface area contributed by atoms with E-state index in [0.29, 0.717) is 0 Å². The Morgan fingerprint density at radius 3 is 2.14 bits per heavy atom. The van der Waals surface area contributed by atoms with Gasteiger partial charge in [-0.3, -0.25) is 14.4 Å². The van der Waals surface area contributed by atoms with Gasteiger partial charge in [0.25, 0.3) is 0 Å². The van der Waals surface area contributed by atoms with Crippen LogP contribution < -0.4 is 0 Å². The topological polar surface area (TPSA) is 60.4 Å². The Bertz CT molecular complexity index is 511. The number of esters is 1. The van der Waals surface area contributed by atoms with Gasteiger partial charge in [0.15, 0.2) is 5.78 Å². The summed E-state index contributed by atoms with van der Waals surface area (Å²) in [5, 5.41) is 0. The Morgan fingerprint density at radius 1 is 1.10 bits per heavy atom. The molecule has 1 aromatic rings. The summed E-state index contributed by atoms with van der Waals surface area (Å²) in [5.74, 6) is -2.08. The van der Waals surface area contributed by atoms with Crippen molar-refractivity contribution in [3.8, 4) is 0 Å². The summed E-state index contributed by atoms with van der Waals surface area (Å²) in [6.45, 7) is 5.31. The van der Waals surface area contributed by atoms with E-state index in [4.69, 9.17) is 0 Å². The maximum Gasteiger partial charge on any atom is 0.316 e. The summed E-state index contributed by atoms with van der Waals surface area (Å²) in [7, 11) is 1.23. The van der Waals surface area contributed by atoms with Crippen molar-refractivity contribution < 1.29 is 19.1 Å². The number of carbonyl (C=O) groups is 3. The van der Waals surface area contributed by atoms with Gasteiger partial charge >= 0.3 is 5.97 Å². The number of Topliss-reactive ketones (excluding diaryl/α,β-unsaturated/α-hetero) is 2. The fourth-order valence-electron chi connectivity index (χ4n) is 1.88. The summed E-state index contributed by atoms with van der Waals surface area (Å²) in [6.07, 6.45) is 0.0138. The second kappa shape index (κ2) is 7.16. The summed E-state index contributed by atoms with van der Waals surface area (Å²) in [6, 6.07) is 9.15. The molecule has 0 N–H and O–H groups in total. The Kier molecular flexibility index (Phi) is 5.82. The van der Waals surface area contributed by atoms with Crippen LogP contribution in [0.2, 0.25) is 0 Å². The second-order valence-corrected chi connectivity index (χ2v) is 6.08. The van der Waals surface area contributed by atoms with Gasteiger partial charge in [0.05, 0.1) is 7.11 Å². The highest BCUT2D eigenvalue weighted by atomic mass is 16.5. The van der Waals surface area contributed by atoms with Gasteiger partial charge in [0.1, 0.15) is 11.7 Å². The van der Waals surface area contributed by atoms with E-state index in [0.717, 1.165) is 5.56 Å². The van der Waals surface area contributed by atoms with Crippen LogP contribution in [0.25, 0.3) is 0 Å². The van der Waals surface area contributed by atoms with Crippen LogP contribution in [-0.4, -0.2) is 24.6 Å². The number of ketones is 2. The van der Waals surface area contributed by atoms with Crippen LogP contribution >= 0.6 is 0 Å². The van der Waals surface area contributed by atoms with Crippen molar-refractivity contribution in [1.29, 1.82) is 0 Å². The van der Waals surface area contributed by atoms with Crippen LogP contribution in [0.15, 0.2) is 30.3 Å². The van der Waals surface area contributed by atoms with Crippen LogP contribution in [0.3, 0.4) is 0 Å². The largest absolute Gasteiger partial charge is 0.468 e. The van der Waals surface area contributed by atoms with E-state index in [1.54, 1.807) is 20.8 Å². The van der Waals surface area contributed by atoms with Gasteiger partial charge in [0, 0.05) is 18.3 Å². The third kappa shape index (κ3) is 5.14. The molecule has 114 valence electrons. The normalized spacial score (nSPS) is 12.6. The smallest absolute Gasteiger partial charge is 0.316 e. The van der Waals surface area contributed by atoms with Crippen LogP contribution in [0.1, 0.15) is 32.8 Å². The van der Waals surface area contributed by atoms with E-state index in [2.05, 4.69) is 4.74 Å². The summed E-state index contributed by atoms with van der Waals surface area (Å²) in [5.41, 5.74) is 0.235. The van der Waals surface area contributed by atoms with Gasteiger partial charge in [-0.15, -0.1) is 0 Å². The minimum atomic E-state index is -1.03. The zero-order valence-corrected chi connectivity index (χ0v) is 13.0. The van der Waals surface area contributed by atoms with Crippen molar-refractivity contribution >= 4 is 17.5 Å². The van der Waals surface area contributed by atoms with Crippen LogP contribution in [0, 0.1) is 11.3 Å². The van der Waals surface area contributed by atoms with Crippen molar-refractivity contribution in [2.45, 2.75) is 33.6 Å². The second-order valence-electron chi connectivity index (χ2n) is 6.08. The predicted molar refractivity (Wildman–Crippen MR) is 79.7 cm³/mol. The number of benzene rings is 1. The lowest BCUT2D eigenvalue weighted by Gasteiger charge is -2.20. The van der Waals surface area contributed by atoms with Gasteiger partial charge in [-0.25, -0.2) is 0 Å². The van der Waals surface area contributed by atoms with Crippen molar-refractivity contribution in [2.75, 3.05) is 7.11 Å². The zero-order chi connectivity index (χ0) is 16.0. The number of methoxy groups -OCH3 is 1.